The van der Waals surface area contributed by atoms with Crippen LogP contribution in [0.4, 0.5) is 0 Å². The molecule has 0 aromatic carbocycles. The summed E-state index contributed by atoms with van der Waals surface area (Å²) in [5.74, 6) is 0. The van der Waals surface area contributed by atoms with E-state index in [1.165, 1.54) is 0 Å². The highest BCUT2D eigenvalue weighted by Crippen LogP contribution is 2.47. The van der Waals surface area contributed by atoms with Crippen molar-refractivity contribution in [1.29, 1.82) is 0 Å². The molecular weight excluding hydrogens is 128 g/mol. The van der Waals surface area contributed by atoms with Gasteiger partial charge in [0.25, 0.3) is 0 Å². The molecule has 5 heavy (non-hydrogen) atoms. The van der Waals surface area contributed by atoms with E-state index in [1.807, 2.05) is 0 Å². The molecule has 0 unspecified atom stereocenters. The highest BCUT2D eigenvalue weighted by molar-refractivity contribution is 9.13. The number of hydrogen-bond donors (Lipinski definition) is 4. The standard InChI is InChI=1S/H4O2S3/c1-5(2,3)4/h1-4H. The van der Waals surface area contributed by atoms with Gasteiger partial charge in [-0.25, -0.2) is 0 Å². The molecular formula is H4O2S3. The predicted octanol–water partition coefficient (Wildman–Crippen LogP) is 1.43. The van der Waals surface area contributed by atoms with Crippen molar-refractivity contribution in [2.45, 2.75) is 0 Å². The Hall–Kier alpha value is 0.970. The first-order chi connectivity index (χ1) is 2.00. The topological polar surface area (TPSA) is 40.5 Å². The second-order valence-corrected chi connectivity index (χ2v) is 5.39. The van der Waals surface area contributed by atoms with Gasteiger partial charge in [-0.15, -0.1) is 8.65 Å². The molecule has 0 bridgehead atoms. The molecule has 0 aromatic heterocycles. The molecule has 0 atom stereocenters. The van der Waals surface area contributed by atoms with E-state index in [4.69, 9.17) is 9.11 Å². The Kier molecular flexibility index (Phi) is 1.93. The molecule has 0 radical (unpaired) electrons. The monoisotopic (exact) mass is 132 g/mol. The first kappa shape index (κ1) is 5.97. The van der Waals surface area contributed by atoms with Crippen molar-refractivity contribution >= 4 is 32.0 Å². The van der Waals surface area contributed by atoms with Crippen molar-refractivity contribution in [1.82, 2.24) is 0 Å². The van der Waals surface area contributed by atoms with Crippen LogP contribution in [0.1, 0.15) is 0 Å². The Labute approximate surface area is 41.6 Å². The molecule has 0 spiro atoms. The van der Waals surface area contributed by atoms with E-state index < -0.39 is 8.65 Å². The van der Waals surface area contributed by atoms with Crippen LogP contribution in [0.3, 0.4) is 0 Å². The Bertz CT molecular complexity index is 20.4. The normalized spacial score (nSPS) is 15.2. The average Bonchev–Trinajstić information content (AvgIpc) is 0.722. The first-order valence-electron chi connectivity index (χ1n) is 0.730. The van der Waals surface area contributed by atoms with Gasteiger partial charge in [-0.2, -0.15) is 0 Å². The SMILES string of the molecule is OS(O)(S)S. The van der Waals surface area contributed by atoms with Gasteiger partial charge in [-0.1, -0.05) is 0 Å². The number of thiol groups is 2. The predicted molar refractivity (Wildman–Crippen MR) is 30.8 cm³/mol. The number of rotatable bonds is 0. The smallest absolute Gasteiger partial charge is 0.0395 e. The van der Waals surface area contributed by atoms with Crippen LogP contribution in [0.2, 0.25) is 0 Å². The molecule has 0 amide bonds. The zero-order valence-corrected chi connectivity index (χ0v) is 4.80. The summed E-state index contributed by atoms with van der Waals surface area (Å²) < 4.78 is 15.8. The second kappa shape index (κ2) is 1.61. The van der Waals surface area contributed by atoms with Gasteiger partial charge in [0.2, 0.25) is 0 Å². The van der Waals surface area contributed by atoms with Gasteiger partial charge in [-0.05, 0) is 23.3 Å². The van der Waals surface area contributed by atoms with E-state index in [0.29, 0.717) is 0 Å². The maximum atomic E-state index is 7.89. The Morgan fingerprint density at radius 3 is 1.20 bits per heavy atom. The summed E-state index contributed by atoms with van der Waals surface area (Å²) in [6.45, 7) is 0. The summed E-state index contributed by atoms with van der Waals surface area (Å²) in [6.07, 6.45) is 0. The summed E-state index contributed by atoms with van der Waals surface area (Å²) >= 11 is 6.36. The lowest BCUT2D eigenvalue weighted by Gasteiger charge is -2.13. The van der Waals surface area contributed by atoms with Crippen LogP contribution in [0.5, 0.6) is 0 Å². The summed E-state index contributed by atoms with van der Waals surface area (Å²) in [5.41, 5.74) is 0. The Balaban J connectivity index is 3.02. The van der Waals surface area contributed by atoms with E-state index in [-0.39, 0.29) is 0 Å². The fourth-order valence-electron chi connectivity index (χ4n) is 0. The van der Waals surface area contributed by atoms with Crippen molar-refractivity contribution in [3.63, 3.8) is 0 Å². The minimum absolute atomic E-state index is 2.78. The van der Waals surface area contributed by atoms with Crippen molar-refractivity contribution in [2.75, 3.05) is 0 Å². The molecule has 5 heteroatoms. The fourth-order valence-corrected chi connectivity index (χ4v) is 0. The maximum Gasteiger partial charge on any atom is -0.0395 e. The summed E-state index contributed by atoms with van der Waals surface area (Å²) in [5, 5.41) is 0. The van der Waals surface area contributed by atoms with Crippen LogP contribution in [-0.4, -0.2) is 9.11 Å². The third-order valence-electron chi connectivity index (χ3n) is 0. The van der Waals surface area contributed by atoms with Gasteiger partial charge in [-0.3, -0.25) is 9.11 Å². The van der Waals surface area contributed by atoms with Crippen molar-refractivity contribution in [2.24, 2.45) is 0 Å². The minimum Gasteiger partial charge on any atom is -0.281 e. The van der Waals surface area contributed by atoms with E-state index >= 15 is 0 Å². The fraction of sp³-hybridized carbons (Fsp3) is 0. The zero-order valence-electron chi connectivity index (χ0n) is 2.20. The molecule has 2 N–H and O–H groups in total. The number of hydrogen-bond acceptors (Lipinski definition) is 4. The Morgan fingerprint density at radius 2 is 1.20 bits per heavy atom. The Morgan fingerprint density at radius 1 is 1.20 bits per heavy atom. The summed E-state index contributed by atoms with van der Waals surface area (Å²) in [4.78, 5) is 0. The average molecular weight is 132 g/mol. The van der Waals surface area contributed by atoms with Crippen molar-refractivity contribution in [3.8, 4) is 0 Å². The first-order valence-corrected chi connectivity index (χ1v) is 4.38. The van der Waals surface area contributed by atoms with Gasteiger partial charge < -0.3 is 0 Å². The minimum atomic E-state index is -2.78. The second-order valence-electron chi connectivity index (χ2n) is 0.490. The zero-order chi connectivity index (χ0) is 4.50. The van der Waals surface area contributed by atoms with Crippen LogP contribution in [0, 0.1) is 0 Å². The molecule has 0 saturated heterocycles. The van der Waals surface area contributed by atoms with Gasteiger partial charge in [0.05, 0.1) is 0 Å². The van der Waals surface area contributed by atoms with Crippen molar-refractivity contribution < 1.29 is 9.11 Å². The molecule has 0 aliphatic rings. The van der Waals surface area contributed by atoms with Crippen LogP contribution in [0.25, 0.3) is 0 Å². The lowest BCUT2D eigenvalue weighted by atomic mass is 15.9. The lowest BCUT2D eigenvalue weighted by Crippen LogP contribution is -1.67. The molecule has 0 aromatic rings. The van der Waals surface area contributed by atoms with Crippen LogP contribution in [0.15, 0.2) is 0 Å². The van der Waals surface area contributed by atoms with E-state index in [1.54, 1.807) is 0 Å². The van der Waals surface area contributed by atoms with E-state index in [9.17, 15) is 0 Å². The molecule has 2 nitrogen and oxygen atoms in total. The van der Waals surface area contributed by atoms with E-state index in [0.717, 1.165) is 0 Å². The van der Waals surface area contributed by atoms with Crippen molar-refractivity contribution in [3.05, 3.63) is 0 Å². The van der Waals surface area contributed by atoms with Crippen LogP contribution >= 0.6 is 32.0 Å². The van der Waals surface area contributed by atoms with Gasteiger partial charge >= 0.3 is 0 Å². The third-order valence-corrected chi connectivity index (χ3v) is 0. The maximum absolute atomic E-state index is 7.89. The van der Waals surface area contributed by atoms with Crippen LogP contribution in [-0.2, 0) is 0 Å². The molecule has 34 valence electrons. The van der Waals surface area contributed by atoms with Gasteiger partial charge in [0, 0.05) is 0 Å². The largest absolute Gasteiger partial charge is 0.281 e. The molecule has 0 heterocycles. The van der Waals surface area contributed by atoms with E-state index in [2.05, 4.69) is 23.3 Å². The van der Waals surface area contributed by atoms with Gasteiger partial charge in [0.15, 0.2) is 0 Å². The highest BCUT2D eigenvalue weighted by Gasteiger charge is 1.88. The molecule has 0 rings (SSSR count). The molecule has 0 fully saturated rings. The quantitative estimate of drug-likeness (QED) is 0.297. The lowest BCUT2D eigenvalue weighted by molar-refractivity contribution is 0.530. The molecule has 0 aliphatic heterocycles. The molecule has 0 aliphatic carbocycles. The third kappa shape index (κ3) is 46.6. The summed E-state index contributed by atoms with van der Waals surface area (Å²) in [7, 11) is -2.78. The highest BCUT2D eigenvalue weighted by atomic mass is 33.5. The summed E-state index contributed by atoms with van der Waals surface area (Å²) in [6, 6.07) is 0. The molecule has 0 saturated carbocycles. The van der Waals surface area contributed by atoms with Crippen LogP contribution < -0.4 is 0 Å². The van der Waals surface area contributed by atoms with Gasteiger partial charge in [0.1, 0.15) is 0 Å².